The number of rotatable bonds is 9. The van der Waals surface area contributed by atoms with Gasteiger partial charge in [-0.3, -0.25) is 14.6 Å². The molecule has 0 bridgehead atoms. The van der Waals surface area contributed by atoms with Gasteiger partial charge in [0.05, 0.1) is 19.9 Å². The van der Waals surface area contributed by atoms with Crippen molar-refractivity contribution in [2.45, 2.75) is 59.9 Å². The van der Waals surface area contributed by atoms with E-state index >= 15 is 0 Å². The normalized spacial score (nSPS) is 11.7. The molecule has 0 atom stereocenters. The summed E-state index contributed by atoms with van der Waals surface area (Å²) in [6, 6.07) is 5.39. The number of ether oxygens (including phenoxy) is 2. The van der Waals surface area contributed by atoms with Gasteiger partial charge in [-0.25, -0.2) is 4.68 Å². The van der Waals surface area contributed by atoms with Gasteiger partial charge in [0.15, 0.2) is 11.4 Å². The fourth-order valence-electron chi connectivity index (χ4n) is 3.37. The molecule has 2 heterocycles. The molecule has 3 aromatic rings. The Balaban J connectivity index is 1.98. The van der Waals surface area contributed by atoms with E-state index in [-0.39, 0.29) is 36.4 Å². The summed E-state index contributed by atoms with van der Waals surface area (Å²) in [6.45, 7) is 11.9. The molecule has 0 radical (unpaired) electrons. The number of Topliss-reactive ketones (excluding diaryl/α,β-unsaturated/α-hetero) is 1. The molecule has 1 aromatic carbocycles. The Bertz CT molecular complexity index is 1220. The predicted octanol–water partition coefficient (Wildman–Crippen LogP) is 3.94. The van der Waals surface area contributed by atoms with Crippen molar-refractivity contribution < 1.29 is 18.7 Å². The molecule has 8 nitrogen and oxygen atoms in total. The number of nitrogens with zero attached hydrogens (tertiary/aromatic N) is 4. The minimum atomic E-state index is -0.459. The Hall–Kier alpha value is -3.23. The fourth-order valence-corrected chi connectivity index (χ4v) is 3.37. The molecule has 0 fully saturated rings. The molecule has 0 amide bonds. The first kappa shape index (κ1) is 24.4. The first-order valence-electron chi connectivity index (χ1n) is 11.1. The maximum absolute atomic E-state index is 13.2. The Kier molecular flexibility index (Phi) is 7.19. The van der Waals surface area contributed by atoms with Gasteiger partial charge in [0.2, 0.25) is 11.5 Å². The molecule has 178 valence electrons. The number of hydrogen-bond donors (Lipinski definition) is 1. The number of ketones is 1. The molecule has 0 saturated carbocycles. The molecule has 0 spiro atoms. The third-order valence-electron chi connectivity index (χ3n) is 5.49. The van der Waals surface area contributed by atoms with Crippen LogP contribution in [-0.2, 0) is 12.0 Å². The van der Waals surface area contributed by atoms with Gasteiger partial charge in [0.25, 0.3) is 0 Å². The summed E-state index contributed by atoms with van der Waals surface area (Å²) in [5, 5.41) is 17.4. The number of aromatic nitrogens is 4. The lowest BCUT2D eigenvalue weighted by Gasteiger charge is -2.21. The molecule has 9 heteroatoms. The number of hydrogen-bond acceptors (Lipinski definition) is 6. The van der Waals surface area contributed by atoms with Crippen LogP contribution >= 0.6 is 0 Å². The molecule has 2 aromatic heterocycles. The summed E-state index contributed by atoms with van der Waals surface area (Å²) in [5.74, 6) is 0.761. The van der Waals surface area contributed by atoms with E-state index in [0.29, 0.717) is 29.4 Å². The molecule has 1 N–H and O–H groups in total. The van der Waals surface area contributed by atoms with Crippen molar-refractivity contribution in [3.05, 3.63) is 46.1 Å². The zero-order chi connectivity index (χ0) is 24.3. The third-order valence-corrected chi connectivity index (χ3v) is 5.49. The highest BCUT2D eigenvalue weighted by atomic mass is 19.1. The van der Waals surface area contributed by atoms with E-state index in [1.165, 1.54) is 9.20 Å². The highest BCUT2D eigenvalue weighted by Gasteiger charge is 2.20. The summed E-state index contributed by atoms with van der Waals surface area (Å²) in [4.78, 5) is 13.2. The number of benzene rings is 1. The molecule has 0 unspecified atom stereocenters. The SMILES string of the molecule is CCOc1nn2c(=N)n(CC(=O)c3cc(OCCCF)cc(C(C)(C)C)c3)nc2c(C)c1C. The van der Waals surface area contributed by atoms with E-state index in [2.05, 4.69) is 10.2 Å². The van der Waals surface area contributed by atoms with Gasteiger partial charge in [-0.2, -0.15) is 4.52 Å². The molecular weight excluding hydrogens is 425 g/mol. The Morgan fingerprint density at radius 2 is 1.85 bits per heavy atom. The first-order chi connectivity index (χ1) is 15.6. The zero-order valence-electron chi connectivity index (χ0n) is 20.2. The van der Waals surface area contributed by atoms with Crippen LogP contribution in [0.3, 0.4) is 0 Å². The van der Waals surface area contributed by atoms with E-state index in [0.717, 1.165) is 16.7 Å². The van der Waals surface area contributed by atoms with Gasteiger partial charge >= 0.3 is 0 Å². The van der Waals surface area contributed by atoms with Crippen LogP contribution in [0, 0.1) is 19.3 Å². The van der Waals surface area contributed by atoms with E-state index in [4.69, 9.17) is 14.9 Å². The van der Waals surface area contributed by atoms with Gasteiger partial charge in [0.1, 0.15) is 12.3 Å². The third kappa shape index (κ3) is 5.23. The van der Waals surface area contributed by atoms with Crippen molar-refractivity contribution in [2.24, 2.45) is 0 Å². The lowest BCUT2D eigenvalue weighted by molar-refractivity contribution is 0.0965. The van der Waals surface area contributed by atoms with Crippen LogP contribution in [0.5, 0.6) is 11.6 Å². The zero-order valence-corrected chi connectivity index (χ0v) is 20.2. The molecule has 0 aliphatic heterocycles. The fraction of sp³-hybridized carbons (Fsp3) is 0.500. The van der Waals surface area contributed by atoms with E-state index in [1.54, 1.807) is 6.07 Å². The average Bonchev–Trinajstić information content (AvgIpc) is 3.07. The number of aryl methyl sites for hydroxylation is 1. The lowest BCUT2D eigenvalue weighted by atomic mass is 9.85. The van der Waals surface area contributed by atoms with Crippen molar-refractivity contribution in [3.63, 3.8) is 0 Å². The number of carbonyl (C=O) groups is 1. The van der Waals surface area contributed by atoms with Crippen molar-refractivity contribution in [1.29, 1.82) is 5.41 Å². The number of nitrogens with one attached hydrogen (secondary N) is 1. The maximum Gasteiger partial charge on any atom is 0.242 e. The average molecular weight is 458 g/mol. The second-order valence-electron chi connectivity index (χ2n) is 9.02. The number of halogens is 1. The summed E-state index contributed by atoms with van der Waals surface area (Å²) >= 11 is 0. The van der Waals surface area contributed by atoms with Crippen LogP contribution in [0.4, 0.5) is 4.39 Å². The van der Waals surface area contributed by atoms with Crippen molar-refractivity contribution >= 4 is 11.4 Å². The van der Waals surface area contributed by atoms with E-state index in [1.807, 2.05) is 53.7 Å². The first-order valence-corrected chi connectivity index (χ1v) is 11.1. The Morgan fingerprint density at radius 1 is 1.12 bits per heavy atom. The predicted molar refractivity (Wildman–Crippen MR) is 123 cm³/mol. The molecule has 33 heavy (non-hydrogen) atoms. The van der Waals surface area contributed by atoms with Gasteiger partial charge in [-0.1, -0.05) is 20.8 Å². The maximum atomic E-state index is 13.2. The van der Waals surface area contributed by atoms with Crippen LogP contribution in [0.2, 0.25) is 0 Å². The summed E-state index contributed by atoms with van der Waals surface area (Å²) in [7, 11) is 0. The monoisotopic (exact) mass is 457 g/mol. The van der Waals surface area contributed by atoms with E-state index in [9.17, 15) is 9.18 Å². The summed E-state index contributed by atoms with van der Waals surface area (Å²) < 4.78 is 26.5. The minimum Gasteiger partial charge on any atom is -0.493 e. The molecule has 3 rings (SSSR count). The van der Waals surface area contributed by atoms with Crippen molar-refractivity contribution in [2.75, 3.05) is 19.9 Å². The van der Waals surface area contributed by atoms with Gasteiger partial charge < -0.3 is 9.47 Å². The van der Waals surface area contributed by atoms with Crippen LogP contribution in [0.25, 0.3) is 5.65 Å². The number of fused-ring (bicyclic) bond motifs is 1. The summed E-state index contributed by atoms with van der Waals surface area (Å²) in [5.41, 5.74) is 3.36. The highest BCUT2D eigenvalue weighted by Crippen LogP contribution is 2.28. The van der Waals surface area contributed by atoms with Crippen LogP contribution in [0.1, 0.15) is 61.2 Å². The van der Waals surface area contributed by atoms with Gasteiger partial charge in [-0.15, -0.1) is 10.2 Å². The molecule has 0 saturated heterocycles. The lowest BCUT2D eigenvalue weighted by Crippen LogP contribution is -2.26. The van der Waals surface area contributed by atoms with Crippen LogP contribution in [0.15, 0.2) is 18.2 Å². The van der Waals surface area contributed by atoms with E-state index < -0.39 is 6.67 Å². The summed E-state index contributed by atoms with van der Waals surface area (Å²) in [6.07, 6.45) is 0.290. The Morgan fingerprint density at radius 3 is 2.48 bits per heavy atom. The van der Waals surface area contributed by atoms with Gasteiger partial charge in [0, 0.05) is 23.1 Å². The van der Waals surface area contributed by atoms with Crippen molar-refractivity contribution in [3.8, 4) is 11.6 Å². The Labute approximate surface area is 192 Å². The molecule has 0 aliphatic carbocycles. The van der Waals surface area contributed by atoms with Gasteiger partial charge in [-0.05, 0) is 49.9 Å². The number of alkyl halides is 1. The molecule has 0 aliphatic rings. The largest absolute Gasteiger partial charge is 0.493 e. The quantitative estimate of drug-likeness (QED) is 0.388. The second kappa shape index (κ2) is 9.72. The topological polar surface area (TPSA) is 94.5 Å². The molecular formula is C24H32FN5O3. The smallest absolute Gasteiger partial charge is 0.242 e. The highest BCUT2D eigenvalue weighted by molar-refractivity contribution is 5.96. The van der Waals surface area contributed by atoms with Crippen LogP contribution < -0.4 is 15.1 Å². The standard InChI is InChI=1S/C24H32FN5O3/c1-7-32-22-16(3)15(2)21-27-29(23(26)30(21)28-22)14-20(31)17-11-18(24(4,5)6)13-19(12-17)33-10-8-9-25/h11-13,26H,7-10,14H2,1-6H3. The van der Waals surface area contributed by atoms with Crippen molar-refractivity contribution in [1.82, 2.24) is 19.4 Å². The second-order valence-corrected chi connectivity index (χ2v) is 9.02. The number of carbonyl (C=O) groups excluding carboxylic acids is 1. The minimum absolute atomic E-state index is 0.0196. The van der Waals surface area contributed by atoms with Crippen LogP contribution in [-0.4, -0.2) is 45.1 Å².